The molecular weight excluding hydrogens is 484 g/mol. The van der Waals surface area contributed by atoms with Crippen molar-refractivity contribution >= 4 is 34.3 Å². The highest BCUT2D eigenvalue weighted by atomic mass is 16.5. The Morgan fingerprint density at radius 2 is 1.97 bits per heavy atom. The first-order valence-electron chi connectivity index (χ1n) is 13.2. The van der Waals surface area contributed by atoms with Crippen molar-refractivity contribution in [1.82, 2.24) is 19.9 Å². The van der Waals surface area contributed by atoms with Gasteiger partial charge < -0.3 is 29.7 Å². The van der Waals surface area contributed by atoms with E-state index in [0.29, 0.717) is 55.5 Å². The number of methoxy groups -OCH3 is 1. The molecular formula is C28H36N6O4. The number of carbonyl (C=O) groups is 1. The number of aliphatic hydroxyl groups is 1. The Morgan fingerprint density at radius 1 is 1.16 bits per heavy atom. The summed E-state index contributed by atoms with van der Waals surface area (Å²) in [6, 6.07) is 7.98. The van der Waals surface area contributed by atoms with Gasteiger partial charge in [0.05, 0.1) is 18.8 Å². The Labute approximate surface area is 223 Å². The lowest BCUT2D eigenvalue weighted by Gasteiger charge is -2.38. The van der Waals surface area contributed by atoms with Crippen molar-refractivity contribution in [3.05, 3.63) is 42.2 Å². The average molecular weight is 521 g/mol. The van der Waals surface area contributed by atoms with Gasteiger partial charge in [-0.05, 0) is 41.5 Å². The number of aliphatic hydroxyl groups excluding tert-OH is 1. The zero-order chi connectivity index (χ0) is 26.8. The molecule has 0 radical (unpaired) electrons. The first-order chi connectivity index (χ1) is 18.3. The van der Waals surface area contributed by atoms with E-state index in [0.717, 1.165) is 29.6 Å². The van der Waals surface area contributed by atoms with Gasteiger partial charge in [0.2, 0.25) is 11.9 Å². The summed E-state index contributed by atoms with van der Waals surface area (Å²) in [7, 11) is 1.62. The molecule has 0 spiro atoms. The van der Waals surface area contributed by atoms with Crippen molar-refractivity contribution in [2.75, 3.05) is 50.1 Å². The number of carbonyl (C=O) groups excluding carboxylic acids is 1. The number of likely N-dealkylation sites (tertiary alicyclic amines) is 1. The van der Waals surface area contributed by atoms with Crippen LogP contribution in [0.2, 0.25) is 0 Å². The van der Waals surface area contributed by atoms with Crippen LogP contribution in [0.15, 0.2) is 36.7 Å². The summed E-state index contributed by atoms with van der Waals surface area (Å²) >= 11 is 0. The average Bonchev–Trinajstić information content (AvgIpc) is 2.87. The Kier molecular flexibility index (Phi) is 7.62. The van der Waals surface area contributed by atoms with E-state index in [2.05, 4.69) is 40.2 Å². The van der Waals surface area contributed by atoms with Crippen LogP contribution in [-0.2, 0) is 9.53 Å². The van der Waals surface area contributed by atoms with E-state index in [9.17, 15) is 9.90 Å². The second-order valence-electron chi connectivity index (χ2n) is 10.5. The number of β-amino-alcohol motifs (C(OH)–C–C–N with tert-alkyl or cyclic N) is 1. The molecule has 2 saturated heterocycles. The monoisotopic (exact) mass is 520 g/mol. The zero-order valence-electron chi connectivity index (χ0n) is 22.4. The molecule has 38 heavy (non-hydrogen) atoms. The van der Waals surface area contributed by atoms with E-state index in [1.807, 2.05) is 28.1 Å². The number of pyridine rings is 1. The second kappa shape index (κ2) is 11.1. The number of piperidine rings is 1. The maximum atomic E-state index is 11.5. The summed E-state index contributed by atoms with van der Waals surface area (Å²) < 4.78 is 11.5. The normalized spacial score (nSPS) is 20.1. The van der Waals surface area contributed by atoms with Gasteiger partial charge >= 0.3 is 0 Å². The summed E-state index contributed by atoms with van der Waals surface area (Å²) in [6.07, 6.45) is 3.51. The minimum atomic E-state index is -0.584. The second-order valence-corrected chi connectivity index (χ2v) is 10.5. The van der Waals surface area contributed by atoms with Crippen molar-refractivity contribution in [2.24, 2.45) is 5.92 Å². The van der Waals surface area contributed by atoms with E-state index in [1.54, 1.807) is 26.3 Å². The molecule has 1 amide bonds. The summed E-state index contributed by atoms with van der Waals surface area (Å²) in [5.41, 5.74) is 1.21. The van der Waals surface area contributed by atoms with Crippen LogP contribution in [0.1, 0.15) is 38.7 Å². The van der Waals surface area contributed by atoms with Crippen molar-refractivity contribution in [3.8, 4) is 5.75 Å². The predicted molar refractivity (Wildman–Crippen MR) is 146 cm³/mol. The Bertz CT molecular complexity index is 1300. The number of aromatic nitrogens is 3. The summed E-state index contributed by atoms with van der Waals surface area (Å²) in [6.45, 7) is 9.13. The molecule has 0 aliphatic carbocycles. The van der Waals surface area contributed by atoms with Crippen LogP contribution < -0.4 is 15.0 Å². The number of hydrogen-bond donors (Lipinski definition) is 2. The van der Waals surface area contributed by atoms with E-state index < -0.39 is 6.10 Å². The molecule has 10 nitrogen and oxygen atoms in total. The van der Waals surface area contributed by atoms with Crippen LogP contribution in [0.5, 0.6) is 5.75 Å². The van der Waals surface area contributed by atoms with Crippen molar-refractivity contribution in [3.63, 3.8) is 0 Å². The first-order valence-corrected chi connectivity index (χ1v) is 13.2. The van der Waals surface area contributed by atoms with Crippen LogP contribution >= 0.6 is 0 Å². The number of nitrogens with zero attached hydrogens (tertiary/aromatic N) is 5. The van der Waals surface area contributed by atoms with Crippen LogP contribution in [0.3, 0.4) is 0 Å². The molecule has 3 aromatic rings. The smallest absolute Gasteiger partial charge is 0.227 e. The number of fused-ring (bicyclic) bond motifs is 1. The third-order valence-corrected chi connectivity index (χ3v) is 7.40. The largest absolute Gasteiger partial charge is 0.492 e. The molecule has 0 bridgehead atoms. The Balaban J connectivity index is 1.33. The van der Waals surface area contributed by atoms with Gasteiger partial charge in [0.15, 0.2) is 0 Å². The van der Waals surface area contributed by atoms with Crippen molar-refractivity contribution in [1.29, 1.82) is 0 Å². The van der Waals surface area contributed by atoms with E-state index in [4.69, 9.17) is 9.47 Å². The molecule has 0 saturated carbocycles. The molecule has 2 aromatic heterocycles. The lowest BCUT2D eigenvalue weighted by molar-refractivity contribution is -0.135. The van der Waals surface area contributed by atoms with Gasteiger partial charge in [-0.2, -0.15) is 4.98 Å². The van der Waals surface area contributed by atoms with Crippen LogP contribution in [0.4, 0.5) is 17.6 Å². The maximum Gasteiger partial charge on any atom is 0.227 e. The zero-order valence-corrected chi connectivity index (χ0v) is 22.4. The molecule has 5 rings (SSSR count). The quantitative estimate of drug-likeness (QED) is 0.462. The van der Waals surface area contributed by atoms with Gasteiger partial charge in [0.1, 0.15) is 17.4 Å². The standard InChI is InChI=1S/C28H36N6O4/c1-17(2)20-5-6-24(38-16-19-13-34(14-19)18(3)35)22-12-30-27(11-21(20)22)31-26-7-9-29-28(32-26)33-10-8-25(37-4)23(36)15-33/h5-7,9,11-12,17,19,23,25,36H,8,10,13-16H2,1-4H3,(H,29,30,31,32)/t23-,25+/m0/s1. The van der Waals surface area contributed by atoms with Gasteiger partial charge in [0.25, 0.3) is 0 Å². The van der Waals surface area contributed by atoms with E-state index in [-0.39, 0.29) is 12.0 Å². The highest BCUT2D eigenvalue weighted by Crippen LogP contribution is 2.34. The Hall–Kier alpha value is -3.50. The van der Waals surface area contributed by atoms with Gasteiger partial charge in [-0.15, -0.1) is 0 Å². The van der Waals surface area contributed by atoms with Gasteiger partial charge in [0, 0.05) is 63.9 Å². The van der Waals surface area contributed by atoms with Gasteiger partial charge in [-0.25, -0.2) is 9.97 Å². The molecule has 0 unspecified atom stereocenters. The fourth-order valence-electron chi connectivity index (χ4n) is 5.14. The number of ether oxygens (including phenoxy) is 2. The molecule has 2 atom stereocenters. The molecule has 2 aliphatic rings. The minimum Gasteiger partial charge on any atom is -0.492 e. The van der Waals surface area contributed by atoms with E-state index in [1.165, 1.54) is 5.56 Å². The van der Waals surface area contributed by atoms with E-state index >= 15 is 0 Å². The fraction of sp³-hybridized carbons (Fsp3) is 0.500. The van der Waals surface area contributed by atoms with Crippen molar-refractivity contribution in [2.45, 2.75) is 45.3 Å². The molecule has 2 aliphatic heterocycles. The molecule has 4 heterocycles. The fourth-order valence-corrected chi connectivity index (χ4v) is 5.14. The highest BCUT2D eigenvalue weighted by molar-refractivity contribution is 5.92. The first kappa shape index (κ1) is 26.1. The van der Waals surface area contributed by atoms with Gasteiger partial charge in [-0.1, -0.05) is 19.9 Å². The van der Waals surface area contributed by atoms with Gasteiger partial charge in [-0.3, -0.25) is 4.79 Å². The molecule has 2 fully saturated rings. The summed E-state index contributed by atoms with van der Waals surface area (Å²) in [5, 5.41) is 15.7. The minimum absolute atomic E-state index is 0.112. The molecule has 202 valence electrons. The Morgan fingerprint density at radius 3 is 2.68 bits per heavy atom. The molecule has 1 aromatic carbocycles. The third kappa shape index (κ3) is 5.51. The number of hydrogen-bond acceptors (Lipinski definition) is 9. The summed E-state index contributed by atoms with van der Waals surface area (Å²) in [5.74, 6) is 3.44. The SMILES string of the molecule is CO[C@@H]1CCN(c2nccc(Nc3cc4c(C(C)C)ccc(OCC5CN(C(C)=O)C5)c4cn3)n2)C[C@@H]1O. The third-order valence-electron chi connectivity index (χ3n) is 7.40. The maximum absolute atomic E-state index is 11.5. The number of rotatable bonds is 8. The lowest BCUT2D eigenvalue weighted by Crippen LogP contribution is -2.51. The topological polar surface area (TPSA) is 113 Å². The van der Waals surface area contributed by atoms with Crippen LogP contribution in [-0.4, -0.2) is 83.0 Å². The van der Waals surface area contributed by atoms with Crippen molar-refractivity contribution < 1.29 is 19.4 Å². The lowest BCUT2D eigenvalue weighted by atomic mass is 9.96. The number of benzene rings is 1. The highest BCUT2D eigenvalue weighted by Gasteiger charge is 2.30. The molecule has 10 heteroatoms. The summed E-state index contributed by atoms with van der Waals surface area (Å²) in [4.78, 5) is 29.0. The number of amides is 1. The predicted octanol–water partition coefficient (Wildman–Crippen LogP) is 3.33. The van der Waals surface area contributed by atoms with Crippen LogP contribution in [0, 0.1) is 5.92 Å². The molecule has 2 N–H and O–H groups in total. The number of anilines is 3. The van der Waals surface area contributed by atoms with Crippen LogP contribution in [0.25, 0.3) is 10.8 Å². The number of nitrogens with one attached hydrogen (secondary N) is 1.